The van der Waals surface area contributed by atoms with Crippen molar-refractivity contribution < 1.29 is 94.6 Å². The molecule has 0 radical (unpaired) electrons. The van der Waals surface area contributed by atoms with Crippen molar-refractivity contribution in [2.75, 3.05) is 19.8 Å². The second kappa shape index (κ2) is 12.9. The molecule has 0 aliphatic carbocycles. The normalized spacial score (nSPS) is 47.0. The highest BCUT2D eigenvalue weighted by Gasteiger charge is 2.64. The summed E-state index contributed by atoms with van der Waals surface area (Å²) in [5.41, 5.74) is 5.55. The Balaban J connectivity index is 1.87. The molecule has 15 atom stereocenters. The summed E-state index contributed by atoms with van der Waals surface area (Å²) in [7, 11) is 0. The third-order valence-corrected chi connectivity index (χ3v) is 7.09. The molecule has 238 valence electrons. The highest BCUT2D eigenvalue weighted by Crippen LogP contribution is 2.39. The van der Waals surface area contributed by atoms with Gasteiger partial charge in [-0.1, -0.05) is 0 Å². The Hall–Kier alpha value is -1.70. The summed E-state index contributed by atoms with van der Waals surface area (Å²) < 4.78 is 25.6. The quantitative estimate of drug-likeness (QED) is 0.110. The lowest BCUT2D eigenvalue weighted by molar-refractivity contribution is -0.393. The van der Waals surface area contributed by atoms with Gasteiger partial charge in [-0.2, -0.15) is 0 Å². The van der Waals surface area contributed by atoms with Gasteiger partial charge in [0, 0.05) is 6.42 Å². The number of rotatable bonds is 10. The average molecular weight is 605 g/mol. The molecule has 0 spiro atoms. The number of aliphatic hydroxyl groups is 10. The van der Waals surface area contributed by atoms with Gasteiger partial charge in [0.05, 0.1) is 32.0 Å². The molecule has 0 saturated carbocycles. The van der Waals surface area contributed by atoms with Crippen LogP contribution in [0.15, 0.2) is 0 Å². The van der Waals surface area contributed by atoms with Gasteiger partial charge in [0.2, 0.25) is 0 Å². The minimum absolute atomic E-state index is 0.259. The lowest BCUT2D eigenvalue weighted by Crippen LogP contribution is -2.73. The van der Waals surface area contributed by atoms with Crippen LogP contribution in [-0.4, -0.2) is 184 Å². The van der Waals surface area contributed by atoms with Crippen molar-refractivity contribution in [3.8, 4) is 0 Å². The number of carboxylic acid groups (broad SMARTS) is 2. The van der Waals surface area contributed by atoms with E-state index in [9.17, 15) is 70.9 Å². The van der Waals surface area contributed by atoms with Crippen molar-refractivity contribution in [3.05, 3.63) is 0 Å². The first-order valence-electron chi connectivity index (χ1n) is 12.3. The van der Waals surface area contributed by atoms with Crippen LogP contribution in [0.2, 0.25) is 0 Å². The molecule has 20 nitrogen and oxygen atoms in total. The topological polar surface area (TPSA) is 349 Å². The van der Waals surface area contributed by atoms with Gasteiger partial charge in [0.25, 0.3) is 11.6 Å². The Labute approximate surface area is 230 Å². The maximum atomic E-state index is 12.4. The third-order valence-electron chi connectivity index (χ3n) is 7.09. The molecule has 0 aromatic carbocycles. The van der Waals surface area contributed by atoms with Crippen LogP contribution in [0, 0.1) is 0 Å². The van der Waals surface area contributed by atoms with Gasteiger partial charge in [-0.25, -0.2) is 9.59 Å². The summed E-state index contributed by atoms with van der Waals surface area (Å²) in [6.07, 6.45) is -25.9. The first-order chi connectivity index (χ1) is 19.0. The summed E-state index contributed by atoms with van der Waals surface area (Å²) in [6, 6.07) is -0.958. The number of carbonyl (C=O) groups is 2. The molecule has 14 N–H and O–H groups in total. The van der Waals surface area contributed by atoms with Crippen LogP contribution in [0.3, 0.4) is 0 Å². The average Bonchev–Trinajstić information content (AvgIpc) is 2.92. The van der Waals surface area contributed by atoms with Crippen molar-refractivity contribution >= 4 is 11.9 Å². The Morgan fingerprint density at radius 2 is 1.49 bits per heavy atom. The van der Waals surface area contributed by atoms with E-state index in [4.69, 9.17) is 29.4 Å². The molecule has 41 heavy (non-hydrogen) atoms. The van der Waals surface area contributed by atoms with Crippen LogP contribution in [0.25, 0.3) is 0 Å². The summed E-state index contributed by atoms with van der Waals surface area (Å²) in [4.78, 5) is 24.0. The lowest BCUT2D eigenvalue weighted by Gasteiger charge is -2.50. The summed E-state index contributed by atoms with van der Waals surface area (Å²) >= 11 is 0. The van der Waals surface area contributed by atoms with Crippen molar-refractivity contribution in [2.24, 2.45) is 5.73 Å². The van der Waals surface area contributed by atoms with Crippen molar-refractivity contribution in [2.45, 2.75) is 97.5 Å². The number of carboxylic acids is 2. The van der Waals surface area contributed by atoms with Crippen molar-refractivity contribution in [1.82, 2.24) is 0 Å². The monoisotopic (exact) mass is 605 g/mol. The molecular formula is C21H35NO19. The van der Waals surface area contributed by atoms with Crippen LogP contribution in [0.5, 0.6) is 0 Å². The zero-order valence-corrected chi connectivity index (χ0v) is 21.1. The Morgan fingerprint density at radius 1 is 0.878 bits per heavy atom. The largest absolute Gasteiger partial charge is 0.477 e. The van der Waals surface area contributed by atoms with E-state index >= 15 is 0 Å². The zero-order valence-electron chi connectivity index (χ0n) is 21.1. The van der Waals surface area contributed by atoms with E-state index in [0.29, 0.717) is 0 Å². The fourth-order valence-electron chi connectivity index (χ4n) is 4.66. The summed E-state index contributed by atoms with van der Waals surface area (Å²) in [5.74, 6) is -11.0. The third kappa shape index (κ3) is 6.47. The van der Waals surface area contributed by atoms with E-state index in [2.05, 4.69) is 0 Å². The Kier molecular flexibility index (Phi) is 10.6. The molecule has 0 bridgehead atoms. The molecule has 0 aromatic heterocycles. The number of aliphatic hydroxyl groups excluding tert-OH is 9. The molecule has 0 amide bonds. The van der Waals surface area contributed by atoms with Gasteiger partial charge in [-0.15, -0.1) is 0 Å². The fraction of sp³-hybridized carbons (Fsp3) is 0.905. The molecule has 3 aliphatic heterocycles. The van der Waals surface area contributed by atoms with Crippen LogP contribution >= 0.6 is 0 Å². The second-order valence-electron chi connectivity index (χ2n) is 10.0. The predicted molar refractivity (Wildman–Crippen MR) is 121 cm³/mol. The fourth-order valence-corrected chi connectivity index (χ4v) is 4.66. The van der Waals surface area contributed by atoms with E-state index in [1.165, 1.54) is 0 Å². The lowest BCUT2D eigenvalue weighted by atomic mass is 9.88. The molecule has 3 aliphatic rings. The van der Waals surface area contributed by atoms with Crippen LogP contribution in [0.1, 0.15) is 6.42 Å². The van der Waals surface area contributed by atoms with E-state index in [1.54, 1.807) is 0 Å². The predicted octanol–water partition coefficient (Wildman–Crippen LogP) is -8.31. The number of ether oxygens (including phenoxy) is 5. The minimum atomic E-state index is -3.47. The molecule has 3 saturated heterocycles. The van der Waals surface area contributed by atoms with Crippen LogP contribution < -0.4 is 5.73 Å². The molecule has 3 heterocycles. The van der Waals surface area contributed by atoms with Gasteiger partial charge in [-0.3, -0.25) is 0 Å². The maximum absolute atomic E-state index is 12.4. The molecule has 0 unspecified atom stereocenters. The number of aliphatic carboxylic acids is 2. The van der Waals surface area contributed by atoms with E-state index < -0.39 is 123 Å². The smallest absolute Gasteiger partial charge is 0.367 e. The Morgan fingerprint density at radius 3 is 2.05 bits per heavy atom. The first-order valence-corrected chi connectivity index (χ1v) is 12.3. The minimum Gasteiger partial charge on any atom is -0.477 e. The van der Waals surface area contributed by atoms with Gasteiger partial charge in [0.15, 0.2) is 6.29 Å². The van der Waals surface area contributed by atoms with E-state index in [0.717, 1.165) is 0 Å². The van der Waals surface area contributed by atoms with E-state index in [1.807, 2.05) is 0 Å². The standard InChI is InChI=1S/C21H35NO19/c22-5-3-37-17(13(30)9(5)26)38-4-7(25)15-11(28)12(29)16(31)21(41-15,19(34)35)39-8-1-20(36,18(32)33)40-14(10(8)27)6(24)2-23/h5-17,23-31,36H,1-4,22H2,(H,32,33)(H,34,35)/t5-,6+,7+,8+,9-,10+,11+,12-,13+,14+,15+,16-,17+,20+,21+/m0/s1. The zero-order chi connectivity index (χ0) is 31.0. The second-order valence-corrected chi connectivity index (χ2v) is 10.0. The van der Waals surface area contributed by atoms with Crippen LogP contribution in [-0.2, 0) is 33.3 Å². The molecule has 3 rings (SSSR count). The first kappa shape index (κ1) is 33.8. The van der Waals surface area contributed by atoms with Gasteiger partial charge >= 0.3 is 11.9 Å². The molecule has 3 fully saturated rings. The molecule has 0 aromatic rings. The van der Waals surface area contributed by atoms with E-state index in [-0.39, 0.29) is 6.61 Å². The molecular weight excluding hydrogens is 570 g/mol. The van der Waals surface area contributed by atoms with Gasteiger partial charge in [0.1, 0.15) is 61.0 Å². The van der Waals surface area contributed by atoms with Crippen LogP contribution in [0.4, 0.5) is 0 Å². The number of nitrogens with two attached hydrogens (primary N) is 1. The van der Waals surface area contributed by atoms with Gasteiger partial charge < -0.3 is 90.7 Å². The summed E-state index contributed by atoms with van der Waals surface area (Å²) in [5, 5.41) is 122. The van der Waals surface area contributed by atoms with Crippen molar-refractivity contribution in [3.63, 3.8) is 0 Å². The molecule has 20 heteroatoms. The number of hydrogen-bond donors (Lipinski definition) is 13. The number of hydrogen-bond acceptors (Lipinski definition) is 18. The Bertz CT molecular complexity index is 927. The summed E-state index contributed by atoms with van der Waals surface area (Å²) in [6.45, 7) is -2.27. The van der Waals surface area contributed by atoms with Crippen molar-refractivity contribution in [1.29, 1.82) is 0 Å². The SMILES string of the molecule is N[C@H]1CO[C@H](OC[C@@H](O)[C@H]2O[C@@](O[C@@H]3C[C@](O)(C(=O)O)O[C@H]([C@H](O)CO)[C@@H]3O)(C(=O)O)[C@@H](O)[C@@H](O)[C@H]2O)[C@H](O)[C@H]1O. The maximum Gasteiger partial charge on any atom is 0.367 e. The highest BCUT2D eigenvalue weighted by atomic mass is 16.8. The van der Waals surface area contributed by atoms with Gasteiger partial charge in [-0.05, 0) is 0 Å². The highest BCUT2D eigenvalue weighted by molar-refractivity contribution is 5.77.